The van der Waals surface area contributed by atoms with Gasteiger partial charge in [0, 0.05) is 55.4 Å². The molecule has 1 saturated heterocycles. The number of pyridine rings is 1. The number of rotatable bonds is 11. The molecule has 1 aliphatic heterocycles. The minimum Gasteiger partial charge on any atom is -0.444 e. The van der Waals surface area contributed by atoms with Gasteiger partial charge < -0.3 is 15.4 Å². The molecule has 2 N–H and O–H groups in total. The Kier molecular flexibility index (Phi) is 12.5. The van der Waals surface area contributed by atoms with E-state index in [1.54, 1.807) is 57.2 Å². The number of carbonyl (C=O) groups excluding carboxylic acids is 2. The van der Waals surface area contributed by atoms with Crippen LogP contribution < -0.4 is 5.73 Å². The van der Waals surface area contributed by atoms with Gasteiger partial charge in [0.05, 0.1) is 16.5 Å². The lowest BCUT2D eigenvalue weighted by atomic mass is 9.82. The van der Waals surface area contributed by atoms with E-state index in [1.165, 1.54) is 51.8 Å². The molecule has 1 amide bonds. The Morgan fingerprint density at radius 2 is 1.65 bits per heavy atom. The lowest BCUT2D eigenvalue weighted by molar-refractivity contribution is -0.137. The lowest BCUT2D eigenvalue weighted by Gasteiger charge is -2.41. The van der Waals surface area contributed by atoms with Crippen LogP contribution in [-0.4, -0.2) is 71.8 Å². The second-order valence-corrected chi connectivity index (χ2v) is 16.5. The quantitative estimate of drug-likeness (QED) is 0.157. The number of amides is 1. The Hall–Kier alpha value is -4.37. The number of Topliss-reactive ketones (excluding diaryl/α,β-unsaturated/α-hetero) is 1. The summed E-state index contributed by atoms with van der Waals surface area (Å²) in [5.41, 5.74) is 5.65. The van der Waals surface area contributed by atoms with Crippen LogP contribution in [0.3, 0.4) is 0 Å². The largest absolute Gasteiger partial charge is 0.444 e. The highest BCUT2D eigenvalue weighted by Crippen LogP contribution is 2.35. The predicted molar refractivity (Wildman–Crippen MR) is 196 cm³/mol. The molecule has 0 unspecified atom stereocenters. The Bertz CT molecular complexity index is 2060. The first kappa shape index (κ1) is 40.8. The Morgan fingerprint density at radius 3 is 2.30 bits per heavy atom. The Balaban J connectivity index is 1.43. The van der Waals surface area contributed by atoms with Crippen LogP contribution in [0.25, 0.3) is 0 Å². The summed E-state index contributed by atoms with van der Waals surface area (Å²) >= 11 is 6.07. The molecule has 0 aliphatic carbocycles. The molecule has 1 aromatic heterocycles. The fraction of sp³-hybridized carbons (Fsp3) is 0.359. The first-order valence-electron chi connectivity index (χ1n) is 17.2. The summed E-state index contributed by atoms with van der Waals surface area (Å²) in [6, 6.07) is 17.0. The minimum absolute atomic E-state index is 0.0175. The molecular formula is C39H41ClF4N4O5S. The highest BCUT2D eigenvalue weighted by atomic mass is 35.5. The fourth-order valence-electron chi connectivity index (χ4n) is 6.52. The van der Waals surface area contributed by atoms with Crippen LogP contribution in [0.4, 0.5) is 22.4 Å². The molecular weight excluding hydrogens is 748 g/mol. The number of nitrogens with zero attached hydrogens (tertiary/aromatic N) is 3. The third-order valence-electron chi connectivity index (χ3n) is 9.14. The summed E-state index contributed by atoms with van der Waals surface area (Å²) < 4.78 is 91.2. The molecule has 0 radical (unpaired) electrons. The number of sulfonamides is 1. The number of alkyl halides is 3. The van der Waals surface area contributed by atoms with E-state index in [0.29, 0.717) is 16.8 Å². The normalized spacial score (nSPS) is 16.8. The predicted octanol–water partition coefficient (Wildman–Crippen LogP) is 7.41. The lowest BCUT2D eigenvalue weighted by Crippen LogP contribution is -2.57. The summed E-state index contributed by atoms with van der Waals surface area (Å²) in [6.45, 7) is 5.18. The summed E-state index contributed by atoms with van der Waals surface area (Å²) in [7, 11) is -4.02. The Labute approximate surface area is 317 Å². The van der Waals surface area contributed by atoms with Crippen LogP contribution in [0.1, 0.15) is 60.9 Å². The molecule has 54 heavy (non-hydrogen) atoms. The molecule has 0 spiro atoms. The van der Waals surface area contributed by atoms with Gasteiger partial charge in [-0.2, -0.15) is 17.5 Å². The van der Waals surface area contributed by atoms with Crippen molar-refractivity contribution in [2.24, 2.45) is 5.73 Å². The van der Waals surface area contributed by atoms with Gasteiger partial charge in [-0.3, -0.25) is 9.78 Å². The van der Waals surface area contributed by atoms with Crippen LogP contribution >= 0.6 is 11.6 Å². The SMILES string of the molecule is CC(C)(C)OC(=O)N1CCN(S(=O)(=O)c2ccccc2)[C@@H](CCc2c(F)cccc2CC(=O)[C@@H](N)[C@@H](c2ccc(Cl)cc2)c2cncc(C(F)(F)F)c2)C1. The van der Waals surface area contributed by atoms with E-state index in [9.17, 15) is 31.2 Å². The molecule has 2 heterocycles. The maximum Gasteiger partial charge on any atom is 0.417 e. The maximum atomic E-state index is 15.6. The topological polar surface area (TPSA) is 123 Å². The average molecular weight is 789 g/mol. The third kappa shape index (κ3) is 9.83. The number of hydrogen-bond donors (Lipinski definition) is 1. The van der Waals surface area contributed by atoms with E-state index in [2.05, 4.69) is 4.98 Å². The van der Waals surface area contributed by atoms with Crippen LogP contribution in [-0.2, 0) is 38.6 Å². The minimum atomic E-state index is -4.70. The molecule has 288 valence electrons. The number of benzene rings is 3. The van der Waals surface area contributed by atoms with E-state index >= 15 is 4.39 Å². The third-order valence-corrected chi connectivity index (χ3v) is 11.4. The van der Waals surface area contributed by atoms with Gasteiger partial charge in [-0.1, -0.05) is 54.1 Å². The van der Waals surface area contributed by atoms with Crippen LogP contribution in [0.15, 0.2) is 96.2 Å². The summed E-state index contributed by atoms with van der Waals surface area (Å²) in [5, 5.41) is 0.367. The number of ketones is 1. The van der Waals surface area contributed by atoms with Crippen LogP contribution in [0, 0.1) is 5.82 Å². The molecule has 15 heteroatoms. The number of halogens is 5. The van der Waals surface area contributed by atoms with Gasteiger partial charge in [0.25, 0.3) is 0 Å². The van der Waals surface area contributed by atoms with Gasteiger partial charge >= 0.3 is 12.3 Å². The molecule has 0 saturated carbocycles. The number of carbonyl (C=O) groups is 2. The second-order valence-electron chi connectivity index (χ2n) is 14.1. The van der Waals surface area contributed by atoms with Gasteiger partial charge in [-0.25, -0.2) is 17.6 Å². The zero-order valence-electron chi connectivity index (χ0n) is 29.9. The molecule has 0 bridgehead atoms. The molecule has 1 fully saturated rings. The number of ether oxygens (including phenoxy) is 1. The van der Waals surface area contributed by atoms with Gasteiger partial charge in [-0.05, 0) is 92.3 Å². The van der Waals surface area contributed by atoms with E-state index in [1.807, 2.05) is 0 Å². The summed E-state index contributed by atoms with van der Waals surface area (Å²) in [6.07, 6.45) is -3.72. The number of aromatic nitrogens is 1. The molecule has 4 aromatic rings. The molecule has 5 rings (SSSR count). The van der Waals surface area contributed by atoms with Crippen molar-refractivity contribution in [3.05, 3.63) is 130 Å². The zero-order chi connectivity index (χ0) is 39.4. The van der Waals surface area contributed by atoms with E-state index in [0.717, 1.165) is 6.07 Å². The first-order chi connectivity index (χ1) is 25.3. The van der Waals surface area contributed by atoms with E-state index in [-0.39, 0.29) is 60.5 Å². The van der Waals surface area contributed by atoms with E-state index < -0.39 is 63.1 Å². The van der Waals surface area contributed by atoms with Crippen molar-refractivity contribution in [3.63, 3.8) is 0 Å². The monoisotopic (exact) mass is 788 g/mol. The second kappa shape index (κ2) is 16.6. The van der Waals surface area contributed by atoms with E-state index in [4.69, 9.17) is 22.1 Å². The smallest absolute Gasteiger partial charge is 0.417 e. The summed E-state index contributed by atoms with van der Waals surface area (Å²) in [5.74, 6) is -2.27. The average Bonchev–Trinajstić information content (AvgIpc) is 3.11. The van der Waals surface area contributed by atoms with Gasteiger partial charge in [0.1, 0.15) is 11.4 Å². The highest BCUT2D eigenvalue weighted by Gasteiger charge is 2.39. The van der Waals surface area contributed by atoms with Crippen molar-refractivity contribution in [2.75, 3.05) is 19.6 Å². The van der Waals surface area contributed by atoms with Crippen molar-refractivity contribution in [2.45, 2.75) is 74.7 Å². The van der Waals surface area contributed by atoms with Crippen molar-refractivity contribution in [1.29, 1.82) is 0 Å². The molecule has 9 nitrogen and oxygen atoms in total. The van der Waals surface area contributed by atoms with Crippen LogP contribution in [0.5, 0.6) is 0 Å². The van der Waals surface area contributed by atoms with Crippen molar-refractivity contribution in [1.82, 2.24) is 14.2 Å². The van der Waals surface area contributed by atoms with Crippen molar-refractivity contribution >= 4 is 33.5 Å². The molecule has 3 atom stereocenters. The first-order valence-corrected chi connectivity index (χ1v) is 19.0. The Morgan fingerprint density at radius 1 is 0.963 bits per heavy atom. The number of piperazine rings is 1. The van der Waals surface area contributed by atoms with Gasteiger partial charge in [0.2, 0.25) is 10.0 Å². The van der Waals surface area contributed by atoms with Crippen LogP contribution in [0.2, 0.25) is 5.02 Å². The van der Waals surface area contributed by atoms with Gasteiger partial charge in [0.15, 0.2) is 5.78 Å². The number of nitrogens with two attached hydrogens (primary N) is 1. The molecule has 1 aliphatic rings. The standard InChI is InChI=1S/C39H41ClF4N4O5S/c1-38(2,3)53-37(50)47-18-19-48(54(51,52)31-9-5-4-6-10-31)30(24-47)16-17-32-26(8-7-11-33(32)41)21-34(49)36(45)35(25-12-14-29(40)15-13-25)27-20-28(23-46-22-27)39(42,43)44/h4-15,20,22-23,30,35-36H,16-19,21,24,45H2,1-3H3/t30-,35-,36+/m0/s1. The van der Waals surface area contributed by atoms with Gasteiger partial charge in [-0.15, -0.1) is 0 Å². The fourth-order valence-corrected chi connectivity index (χ4v) is 8.31. The molecule has 3 aromatic carbocycles. The number of hydrogen-bond acceptors (Lipinski definition) is 7. The van der Waals surface area contributed by atoms with Crippen molar-refractivity contribution in [3.8, 4) is 0 Å². The summed E-state index contributed by atoms with van der Waals surface area (Å²) in [4.78, 5) is 32.3. The maximum absolute atomic E-state index is 15.6. The van der Waals surface area contributed by atoms with Crippen molar-refractivity contribution < 1.29 is 40.3 Å². The highest BCUT2D eigenvalue weighted by molar-refractivity contribution is 7.89. The zero-order valence-corrected chi connectivity index (χ0v) is 31.5.